The van der Waals surface area contributed by atoms with Crippen molar-refractivity contribution in [3.05, 3.63) is 47.2 Å². The number of fused-ring (bicyclic) bond motifs is 2. The van der Waals surface area contributed by atoms with Crippen LogP contribution < -0.4 is 5.32 Å². The Morgan fingerprint density at radius 2 is 1.82 bits per heavy atom. The molecular weight excluding hydrogens is 490 g/mol. The summed E-state index contributed by atoms with van der Waals surface area (Å²) in [6.07, 6.45) is 6.59. The van der Waals surface area contributed by atoms with E-state index in [0.717, 1.165) is 17.9 Å². The summed E-state index contributed by atoms with van der Waals surface area (Å²) in [5, 5.41) is 12.1. The second-order valence-corrected chi connectivity index (χ2v) is 10.3. The smallest absolute Gasteiger partial charge is 0.337 e. The molecule has 210 valence electrons. The average Bonchev–Trinajstić information content (AvgIpc) is 3.56. The van der Waals surface area contributed by atoms with Gasteiger partial charge in [0, 0.05) is 31.1 Å². The molecule has 38 heavy (non-hydrogen) atoms. The molecule has 1 aromatic carbocycles. The van der Waals surface area contributed by atoms with E-state index in [1.165, 1.54) is 26.4 Å². The molecule has 2 bridgehead atoms. The van der Waals surface area contributed by atoms with Crippen molar-refractivity contribution in [2.75, 3.05) is 46.8 Å². The summed E-state index contributed by atoms with van der Waals surface area (Å²) in [6, 6.07) is 7.46. The van der Waals surface area contributed by atoms with E-state index in [1.54, 1.807) is 12.1 Å². The van der Waals surface area contributed by atoms with Gasteiger partial charge >= 0.3 is 5.97 Å². The first-order valence-corrected chi connectivity index (χ1v) is 13.8. The zero-order valence-corrected chi connectivity index (χ0v) is 22.4. The van der Waals surface area contributed by atoms with Crippen LogP contribution in [0.25, 0.3) is 0 Å². The predicted octanol–water partition coefficient (Wildman–Crippen LogP) is 3.17. The Balaban J connectivity index is 1.51. The summed E-state index contributed by atoms with van der Waals surface area (Å²) >= 11 is 0. The normalized spacial score (nSPS) is 28.0. The molecule has 9 nitrogen and oxygen atoms in total. The van der Waals surface area contributed by atoms with Gasteiger partial charge in [-0.2, -0.15) is 0 Å². The van der Waals surface area contributed by atoms with E-state index >= 15 is 0 Å². The van der Waals surface area contributed by atoms with E-state index < -0.39 is 12.3 Å². The maximum Gasteiger partial charge on any atom is 0.337 e. The summed E-state index contributed by atoms with van der Waals surface area (Å²) < 4.78 is 28.1. The largest absolute Gasteiger partial charge is 0.465 e. The topological polar surface area (TPSA) is 113 Å². The number of ether oxygens (including phenoxy) is 5. The standard InChI is InChI=1S/C29H41NO8/c1-3-37-29-23(10-12-35-14-15-36-13-11-31)24(20-6-8-21(9-7-20)28(33)34-2)18-26(38-29)27(32)30-25-17-19-4-5-22(25)16-19/h6-9,18-19,22-25,29,31H,3-5,10-17H2,1-2H3,(H,30,32). The zero-order chi connectivity index (χ0) is 26.9. The molecule has 6 unspecified atom stereocenters. The molecule has 0 aromatic heterocycles. The van der Waals surface area contributed by atoms with Crippen LogP contribution >= 0.6 is 0 Å². The van der Waals surface area contributed by atoms with Crippen LogP contribution in [0.3, 0.4) is 0 Å². The fourth-order valence-corrected chi connectivity index (χ4v) is 6.04. The molecule has 1 amide bonds. The Bertz CT molecular complexity index is 948. The highest BCUT2D eigenvalue weighted by Crippen LogP contribution is 2.45. The number of hydrogen-bond donors (Lipinski definition) is 2. The van der Waals surface area contributed by atoms with Crippen LogP contribution in [0.5, 0.6) is 0 Å². The van der Waals surface area contributed by atoms with Crippen molar-refractivity contribution in [3.8, 4) is 0 Å². The van der Waals surface area contributed by atoms with Gasteiger partial charge in [-0.25, -0.2) is 4.79 Å². The van der Waals surface area contributed by atoms with Crippen LogP contribution in [0.4, 0.5) is 0 Å². The van der Waals surface area contributed by atoms with Crippen molar-refractivity contribution >= 4 is 11.9 Å². The van der Waals surface area contributed by atoms with Gasteiger partial charge in [-0.3, -0.25) is 4.79 Å². The first-order valence-electron chi connectivity index (χ1n) is 13.8. The average molecular weight is 532 g/mol. The number of aliphatic hydroxyl groups is 1. The molecule has 1 aliphatic heterocycles. The minimum absolute atomic E-state index is 0.0177. The number of carbonyl (C=O) groups excluding carboxylic acids is 2. The quantitative estimate of drug-likeness (QED) is 0.278. The number of nitrogens with one attached hydrogen (secondary N) is 1. The lowest BCUT2D eigenvalue weighted by molar-refractivity contribution is -0.168. The van der Waals surface area contributed by atoms with Crippen molar-refractivity contribution in [1.29, 1.82) is 0 Å². The number of methoxy groups -OCH3 is 1. The highest BCUT2D eigenvalue weighted by atomic mass is 16.7. The lowest BCUT2D eigenvalue weighted by atomic mass is 9.81. The second kappa shape index (κ2) is 14.1. The third kappa shape index (κ3) is 7.14. The van der Waals surface area contributed by atoms with Crippen molar-refractivity contribution in [2.24, 2.45) is 17.8 Å². The van der Waals surface area contributed by atoms with Gasteiger partial charge in [0.25, 0.3) is 5.91 Å². The molecule has 9 heteroatoms. The van der Waals surface area contributed by atoms with Crippen LogP contribution in [0.15, 0.2) is 36.1 Å². The van der Waals surface area contributed by atoms with Gasteiger partial charge in [0.1, 0.15) is 0 Å². The lowest BCUT2D eigenvalue weighted by Gasteiger charge is -2.37. The van der Waals surface area contributed by atoms with E-state index in [9.17, 15) is 9.59 Å². The highest BCUT2D eigenvalue weighted by Gasteiger charge is 2.42. The molecule has 3 aliphatic rings. The SMILES string of the molecule is CCOC1OC(C(=O)NC2CC3CCC2C3)=CC(c2ccc(C(=O)OC)cc2)C1CCOCCOCCO. The third-order valence-corrected chi connectivity index (χ3v) is 7.91. The number of amides is 1. The van der Waals surface area contributed by atoms with Gasteiger partial charge in [-0.1, -0.05) is 18.6 Å². The number of allylic oxidation sites excluding steroid dienone is 1. The van der Waals surface area contributed by atoms with Gasteiger partial charge < -0.3 is 34.1 Å². The fourth-order valence-electron chi connectivity index (χ4n) is 6.04. The Morgan fingerprint density at radius 1 is 1.05 bits per heavy atom. The predicted molar refractivity (Wildman–Crippen MR) is 139 cm³/mol. The number of rotatable bonds is 14. The number of aliphatic hydroxyl groups excluding tert-OH is 1. The maximum absolute atomic E-state index is 13.4. The Hall–Kier alpha value is -2.46. The van der Waals surface area contributed by atoms with Gasteiger partial charge in [-0.15, -0.1) is 0 Å². The zero-order valence-electron chi connectivity index (χ0n) is 22.4. The van der Waals surface area contributed by atoms with Gasteiger partial charge in [-0.05, 0) is 68.2 Å². The fraction of sp³-hybridized carbons (Fsp3) is 0.655. The van der Waals surface area contributed by atoms with Crippen molar-refractivity contribution in [2.45, 2.75) is 57.3 Å². The van der Waals surface area contributed by atoms with Crippen molar-refractivity contribution in [1.82, 2.24) is 5.32 Å². The Morgan fingerprint density at radius 3 is 2.45 bits per heavy atom. The number of hydrogen-bond acceptors (Lipinski definition) is 8. The summed E-state index contributed by atoms with van der Waals surface area (Å²) in [5.74, 6) is 0.678. The molecule has 0 saturated heterocycles. The molecule has 2 N–H and O–H groups in total. The van der Waals surface area contributed by atoms with Crippen molar-refractivity contribution in [3.63, 3.8) is 0 Å². The molecule has 2 saturated carbocycles. The van der Waals surface area contributed by atoms with Crippen LogP contribution in [-0.4, -0.2) is 76.1 Å². The molecule has 0 spiro atoms. The van der Waals surface area contributed by atoms with Crippen LogP contribution in [0.1, 0.15) is 60.9 Å². The lowest BCUT2D eigenvalue weighted by Crippen LogP contribution is -2.43. The Labute approximate surface area is 224 Å². The number of esters is 1. The number of carbonyl (C=O) groups is 2. The molecule has 2 fully saturated rings. The molecular formula is C29H41NO8. The first-order chi connectivity index (χ1) is 18.5. The summed E-state index contributed by atoms with van der Waals surface area (Å²) in [7, 11) is 1.36. The molecule has 1 aromatic rings. The Kier molecular flexibility index (Phi) is 10.6. The molecule has 1 heterocycles. The molecule has 0 radical (unpaired) electrons. The first kappa shape index (κ1) is 28.5. The second-order valence-electron chi connectivity index (χ2n) is 10.3. The summed E-state index contributed by atoms with van der Waals surface area (Å²) in [5.41, 5.74) is 1.41. The van der Waals surface area contributed by atoms with Crippen LogP contribution in [-0.2, 0) is 28.5 Å². The van der Waals surface area contributed by atoms with Gasteiger partial charge in [0.05, 0.1) is 39.1 Å². The molecule has 4 rings (SSSR count). The van der Waals surface area contributed by atoms with Crippen LogP contribution in [0.2, 0.25) is 0 Å². The van der Waals surface area contributed by atoms with E-state index in [4.69, 9.17) is 28.8 Å². The minimum Gasteiger partial charge on any atom is -0.465 e. The van der Waals surface area contributed by atoms with Gasteiger partial charge in [0.15, 0.2) is 5.76 Å². The van der Waals surface area contributed by atoms with E-state index in [-0.39, 0.29) is 42.8 Å². The monoisotopic (exact) mass is 531 g/mol. The summed E-state index contributed by atoms with van der Waals surface area (Å²) in [4.78, 5) is 25.3. The molecule has 2 aliphatic carbocycles. The highest BCUT2D eigenvalue weighted by molar-refractivity contribution is 5.92. The number of benzene rings is 1. The van der Waals surface area contributed by atoms with E-state index in [1.807, 2.05) is 25.1 Å². The van der Waals surface area contributed by atoms with E-state index in [0.29, 0.717) is 44.3 Å². The molecule has 6 atom stereocenters. The minimum atomic E-state index is -0.620. The summed E-state index contributed by atoms with van der Waals surface area (Å²) in [6.45, 7) is 3.89. The third-order valence-electron chi connectivity index (χ3n) is 7.91. The van der Waals surface area contributed by atoms with Gasteiger partial charge in [0.2, 0.25) is 6.29 Å². The maximum atomic E-state index is 13.4. The van der Waals surface area contributed by atoms with E-state index in [2.05, 4.69) is 5.32 Å². The van der Waals surface area contributed by atoms with Crippen molar-refractivity contribution < 1.29 is 38.4 Å². The van der Waals surface area contributed by atoms with Crippen LogP contribution in [0, 0.1) is 17.8 Å².